The smallest absolute Gasteiger partial charge is 0.268 e. The van der Waals surface area contributed by atoms with Crippen LogP contribution >= 0.6 is 0 Å². The molecule has 0 aliphatic carbocycles. The zero-order valence-corrected chi connectivity index (χ0v) is 21.5. The Morgan fingerprint density at radius 2 is 1.86 bits per heavy atom. The SMILES string of the molecule is C[C@H]1[C@H]([Si](C)(C)F)[C@@H](CCO)O[C@]12C(=O)N(c1ccccc1)c1ccc(N3CCCCC3=O)cc12. The fourth-order valence-corrected chi connectivity index (χ4v) is 8.98. The van der Waals surface area contributed by atoms with Gasteiger partial charge in [0.1, 0.15) is 0 Å². The lowest BCUT2D eigenvalue weighted by atomic mass is 9.82. The molecule has 8 heteroatoms. The molecule has 2 aromatic rings. The molecule has 0 saturated carbocycles. The van der Waals surface area contributed by atoms with Crippen molar-refractivity contribution in [2.24, 2.45) is 5.92 Å². The van der Waals surface area contributed by atoms with Gasteiger partial charge in [-0.25, -0.2) is 0 Å². The second kappa shape index (κ2) is 8.83. The molecule has 3 heterocycles. The van der Waals surface area contributed by atoms with Crippen LogP contribution in [0.1, 0.15) is 38.2 Å². The zero-order valence-electron chi connectivity index (χ0n) is 20.5. The van der Waals surface area contributed by atoms with Crippen molar-refractivity contribution in [1.29, 1.82) is 0 Å². The second-order valence-corrected chi connectivity index (χ2v) is 14.3. The minimum absolute atomic E-state index is 0.0724. The molecule has 0 unspecified atom stereocenters. The molecule has 3 aliphatic heterocycles. The van der Waals surface area contributed by atoms with Crippen molar-refractivity contribution in [3.63, 3.8) is 0 Å². The largest absolute Gasteiger partial charge is 0.396 e. The number of para-hydroxylation sites is 1. The zero-order chi connectivity index (χ0) is 25.0. The lowest BCUT2D eigenvalue weighted by Crippen LogP contribution is -2.44. The Morgan fingerprint density at radius 1 is 1.11 bits per heavy atom. The van der Waals surface area contributed by atoms with Crippen LogP contribution in [0.25, 0.3) is 0 Å². The van der Waals surface area contributed by atoms with Gasteiger partial charge in [-0.1, -0.05) is 25.1 Å². The van der Waals surface area contributed by atoms with Crippen molar-refractivity contribution in [3.05, 3.63) is 54.1 Å². The predicted molar refractivity (Wildman–Crippen MR) is 136 cm³/mol. The molecule has 2 amide bonds. The molecule has 1 spiro atoms. The van der Waals surface area contributed by atoms with E-state index >= 15 is 4.11 Å². The highest BCUT2D eigenvalue weighted by Gasteiger charge is 2.66. The second-order valence-electron chi connectivity index (χ2n) is 10.5. The number of benzene rings is 2. The number of carbonyl (C=O) groups is 2. The maximum absolute atomic E-state index is 15.7. The predicted octanol–water partition coefficient (Wildman–Crippen LogP) is 5.04. The van der Waals surface area contributed by atoms with Gasteiger partial charge in [0.2, 0.25) is 14.3 Å². The number of ether oxygens (including phenoxy) is 1. The van der Waals surface area contributed by atoms with Crippen LogP contribution in [0.5, 0.6) is 0 Å². The summed E-state index contributed by atoms with van der Waals surface area (Å²) < 4.78 is 22.3. The first-order valence-electron chi connectivity index (χ1n) is 12.5. The van der Waals surface area contributed by atoms with E-state index in [1.165, 1.54) is 0 Å². The molecule has 3 aliphatic rings. The quantitative estimate of drug-likeness (QED) is 0.465. The molecule has 6 nitrogen and oxygen atoms in total. The van der Waals surface area contributed by atoms with Crippen LogP contribution in [0.4, 0.5) is 21.2 Å². The van der Waals surface area contributed by atoms with Gasteiger partial charge in [-0.05, 0) is 62.7 Å². The average molecular weight is 497 g/mol. The number of carbonyl (C=O) groups excluding carboxylic acids is 2. The standard InChI is InChI=1S/C27H33FN2O4Si/c1-18-25(35(2,3)28)23(14-16-31)34-27(18)21-17-20(29-15-8-7-11-24(29)32)12-13-22(21)30(26(27)33)19-9-5-4-6-10-19/h4-6,9-10,12-13,17-18,23,25,31H,7-8,11,14-16H2,1-3H3/t18-,23+,25-,27+/m0/s1. The van der Waals surface area contributed by atoms with E-state index in [0.29, 0.717) is 29.9 Å². The Balaban J connectivity index is 1.69. The summed E-state index contributed by atoms with van der Waals surface area (Å²) >= 11 is 0. The van der Waals surface area contributed by atoms with Gasteiger partial charge >= 0.3 is 0 Å². The first-order chi connectivity index (χ1) is 16.7. The summed E-state index contributed by atoms with van der Waals surface area (Å²) in [4.78, 5) is 30.5. The van der Waals surface area contributed by atoms with E-state index in [0.717, 1.165) is 18.5 Å². The number of fused-ring (bicyclic) bond motifs is 2. The third-order valence-electron chi connectivity index (χ3n) is 7.92. The Kier molecular flexibility index (Phi) is 6.10. The van der Waals surface area contributed by atoms with Gasteiger partial charge in [-0.2, -0.15) is 0 Å². The molecule has 4 atom stereocenters. The molecule has 2 fully saturated rings. The lowest BCUT2D eigenvalue weighted by molar-refractivity contribution is -0.145. The molecule has 0 aromatic heterocycles. The molecular weight excluding hydrogens is 463 g/mol. The van der Waals surface area contributed by atoms with Crippen LogP contribution in [0.2, 0.25) is 18.6 Å². The van der Waals surface area contributed by atoms with Gasteiger partial charge in [-0.15, -0.1) is 0 Å². The molecule has 35 heavy (non-hydrogen) atoms. The number of halogens is 1. The monoisotopic (exact) mass is 496 g/mol. The first kappa shape index (κ1) is 24.2. The summed E-state index contributed by atoms with van der Waals surface area (Å²) in [6.45, 7) is 5.71. The summed E-state index contributed by atoms with van der Waals surface area (Å²) in [7, 11) is -3.26. The molecule has 1 N–H and O–H groups in total. The maximum Gasteiger partial charge on any atom is 0.268 e. The molecule has 0 bridgehead atoms. The summed E-state index contributed by atoms with van der Waals surface area (Å²) in [6.07, 6.45) is 2.03. The van der Waals surface area contributed by atoms with E-state index < -0.39 is 31.6 Å². The Morgan fingerprint density at radius 3 is 2.51 bits per heavy atom. The van der Waals surface area contributed by atoms with Crippen LogP contribution in [0.15, 0.2) is 48.5 Å². The van der Waals surface area contributed by atoms with Crippen molar-refractivity contribution in [3.8, 4) is 0 Å². The molecular formula is C27H33FN2O4Si. The van der Waals surface area contributed by atoms with Gasteiger partial charge in [0.15, 0.2) is 5.60 Å². The number of rotatable bonds is 5. The molecule has 2 saturated heterocycles. The van der Waals surface area contributed by atoms with E-state index in [9.17, 15) is 14.7 Å². The van der Waals surface area contributed by atoms with E-state index in [-0.39, 0.29) is 24.8 Å². The fourth-order valence-electron chi connectivity index (χ4n) is 6.44. The number of aliphatic hydroxyl groups excluding tert-OH is 1. The van der Waals surface area contributed by atoms with Crippen LogP contribution < -0.4 is 9.80 Å². The van der Waals surface area contributed by atoms with E-state index in [1.54, 1.807) is 22.9 Å². The summed E-state index contributed by atoms with van der Waals surface area (Å²) in [6, 6.07) is 15.1. The number of hydrogen-bond acceptors (Lipinski definition) is 4. The number of aliphatic hydroxyl groups is 1. The minimum Gasteiger partial charge on any atom is -0.396 e. The maximum atomic E-state index is 15.7. The molecule has 186 valence electrons. The average Bonchev–Trinajstić information content (AvgIpc) is 3.26. The van der Waals surface area contributed by atoms with Crippen LogP contribution in [-0.2, 0) is 19.9 Å². The van der Waals surface area contributed by atoms with Gasteiger partial charge < -0.3 is 18.9 Å². The first-order valence-corrected chi connectivity index (χ1v) is 15.5. The van der Waals surface area contributed by atoms with Crippen molar-refractivity contribution < 1.29 is 23.5 Å². The van der Waals surface area contributed by atoms with Gasteiger partial charge in [0, 0.05) is 48.0 Å². The third-order valence-corrected chi connectivity index (χ3v) is 10.4. The minimum atomic E-state index is -3.26. The van der Waals surface area contributed by atoms with Crippen molar-refractivity contribution in [1.82, 2.24) is 0 Å². The van der Waals surface area contributed by atoms with Gasteiger partial charge in [0.25, 0.3) is 5.91 Å². The highest BCUT2D eigenvalue weighted by atomic mass is 28.4. The van der Waals surface area contributed by atoms with Gasteiger partial charge in [0.05, 0.1) is 11.8 Å². The topological polar surface area (TPSA) is 70.1 Å². The van der Waals surface area contributed by atoms with E-state index in [2.05, 4.69) is 0 Å². The van der Waals surface area contributed by atoms with Crippen molar-refractivity contribution >= 4 is 37.3 Å². The van der Waals surface area contributed by atoms with E-state index in [4.69, 9.17) is 4.74 Å². The van der Waals surface area contributed by atoms with Gasteiger partial charge in [-0.3, -0.25) is 14.5 Å². The third kappa shape index (κ3) is 3.73. The lowest BCUT2D eigenvalue weighted by Gasteiger charge is -2.32. The van der Waals surface area contributed by atoms with Crippen LogP contribution in [0, 0.1) is 5.92 Å². The number of anilines is 3. The molecule has 2 aromatic carbocycles. The molecule has 0 radical (unpaired) electrons. The van der Waals surface area contributed by atoms with Crippen molar-refractivity contribution in [2.45, 2.75) is 62.9 Å². The summed E-state index contributed by atoms with van der Waals surface area (Å²) in [5, 5.41) is 9.74. The van der Waals surface area contributed by atoms with Crippen molar-refractivity contribution in [2.75, 3.05) is 23.0 Å². The number of amides is 2. The normalized spacial score (nSPS) is 28.8. The highest BCUT2D eigenvalue weighted by Crippen LogP contribution is 2.61. The Hall–Kier alpha value is -2.55. The summed E-state index contributed by atoms with van der Waals surface area (Å²) in [5.41, 5.74) is 1.00. The number of piperidine rings is 1. The fraction of sp³-hybridized carbons (Fsp3) is 0.481. The Labute approximate surface area is 206 Å². The van der Waals surface area contributed by atoms with Crippen LogP contribution in [-0.4, -0.2) is 44.6 Å². The summed E-state index contributed by atoms with van der Waals surface area (Å²) in [5.74, 6) is -0.599. The van der Waals surface area contributed by atoms with E-state index in [1.807, 2.05) is 55.5 Å². The highest BCUT2D eigenvalue weighted by molar-refractivity contribution is 6.72. The Bertz CT molecular complexity index is 1140. The van der Waals surface area contributed by atoms with Crippen LogP contribution in [0.3, 0.4) is 0 Å². The number of nitrogens with zero attached hydrogens (tertiary/aromatic N) is 2. The molecule has 5 rings (SSSR count). The number of hydrogen-bond donors (Lipinski definition) is 1.